The summed E-state index contributed by atoms with van der Waals surface area (Å²) in [5, 5.41) is 13.0. The summed E-state index contributed by atoms with van der Waals surface area (Å²) < 4.78 is 6.17. The average molecular weight is 657 g/mol. The van der Waals surface area contributed by atoms with Crippen LogP contribution >= 0.6 is 0 Å². The molecule has 256 valence electrons. The molecule has 3 heterocycles. The first-order chi connectivity index (χ1) is 23.2. The van der Waals surface area contributed by atoms with Gasteiger partial charge in [-0.3, -0.25) is 14.7 Å². The molecule has 4 amide bonds. The predicted octanol–water partition coefficient (Wildman–Crippen LogP) is 3.50. The van der Waals surface area contributed by atoms with Crippen LogP contribution in [0.4, 0.5) is 10.5 Å². The van der Waals surface area contributed by atoms with Crippen molar-refractivity contribution in [1.29, 1.82) is 0 Å². The van der Waals surface area contributed by atoms with Gasteiger partial charge in [0, 0.05) is 68.3 Å². The predicted molar refractivity (Wildman–Crippen MR) is 184 cm³/mol. The van der Waals surface area contributed by atoms with E-state index in [0.717, 1.165) is 61.0 Å². The van der Waals surface area contributed by atoms with Crippen molar-refractivity contribution in [3.8, 4) is 16.9 Å². The van der Waals surface area contributed by atoms with Crippen LogP contribution in [-0.4, -0.2) is 94.8 Å². The highest BCUT2D eigenvalue weighted by Crippen LogP contribution is 2.30. The van der Waals surface area contributed by atoms with Gasteiger partial charge in [0.15, 0.2) is 5.60 Å². The van der Waals surface area contributed by atoms with Gasteiger partial charge in [-0.25, -0.2) is 4.79 Å². The molecule has 0 radical (unpaired) electrons. The van der Waals surface area contributed by atoms with Crippen molar-refractivity contribution in [3.05, 3.63) is 66.5 Å². The fourth-order valence-corrected chi connectivity index (χ4v) is 6.56. The molecular formula is C36H48N8O4. The van der Waals surface area contributed by atoms with Crippen LogP contribution in [0.2, 0.25) is 0 Å². The van der Waals surface area contributed by atoms with E-state index in [4.69, 9.17) is 10.5 Å². The zero-order valence-corrected chi connectivity index (χ0v) is 28.0. The topological polar surface area (TPSA) is 149 Å². The van der Waals surface area contributed by atoms with E-state index >= 15 is 0 Å². The number of nitrogens with one attached hydrogen (secondary N) is 3. The number of piperidine rings is 1. The Balaban J connectivity index is 1.01. The number of hydrogen-bond acceptors (Lipinski definition) is 7. The molecule has 48 heavy (non-hydrogen) atoms. The Morgan fingerprint density at radius 2 is 1.85 bits per heavy atom. The van der Waals surface area contributed by atoms with Crippen LogP contribution in [-0.2, 0) is 16.1 Å². The van der Waals surface area contributed by atoms with Crippen LogP contribution in [0.15, 0.2) is 60.9 Å². The Bertz CT molecular complexity index is 1560. The van der Waals surface area contributed by atoms with Gasteiger partial charge in [0.2, 0.25) is 5.91 Å². The number of H-pyrrole nitrogens is 1. The largest absolute Gasteiger partial charge is 0.478 e. The highest BCUT2D eigenvalue weighted by atomic mass is 16.5. The van der Waals surface area contributed by atoms with Crippen LogP contribution in [0.3, 0.4) is 0 Å². The summed E-state index contributed by atoms with van der Waals surface area (Å²) in [5.74, 6) is 0.424. The molecule has 2 aliphatic heterocycles. The minimum absolute atomic E-state index is 0.0102. The number of carbonyl (C=O) groups excluding carboxylic acids is 3. The van der Waals surface area contributed by atoms with Gasteiger partial charge in [-0.05, 0) is 81.7 Å². The minimum Gasteiger partial charge on any atom is -0.478 e. The lowest BCUT2D eigenvalue weighted by Gasteiger charge is -2.36. The number of nitrogens with two attached hydrogens (primary N) is 1. The van der Waals surface area contributed by atoms with Gasteiger partial charge in [-0.15, -0.1) is 0 Å². The Kier molecular flexibility index (Phi) is 10.2. The smallest absolute Gasteiger partial charge is 0.318 e. The Morgan fingerprint density at radius 1 is 1.04 bits per heavy atom. The molecule has 12 nitrogen and oxygen atoms in total. The van der Waals surface area contributed by atoms with Gasteiger partial charge in [-0.1, -0.05) is 30.3 Å². The SMILES string of the molecule is CC(C)(Oc1cccc(N2CCC[C@H](NC(=O)N(Cc3ccc(-c4cn[nH]c4)cc3)C3CC3)C2)c1)C(=O)NCC(=O)N1CC[C@H](CN)C1. The molecule has 1 aromatic heterocycles. The summed E-state index contributed by atoms with van der Waals surface area (Å²) in [6, 6.07) is 16.3. The monoisotopic (exact) mass is 656 g/mol. The van der Waals surface area contributed by atoms with Crippen molar-refractivity contribution >= 4 is 23.5 Å². The standard InChI is InChI=1S/C36H48N8O4/c1-36(2,34(46)38-21-33(45)43-16-14-26(18-37)22-43)48-32-7-3-6-31(17-32)42-15-4-5-29(24-42)41-35(47)44(30-12-13-30)23-25-8-10-27(11-9-25)28-19-39-40-20-28/h3,6-11,17,19-20,26,29-30H,4-5,12-16,18,21-24,37H2,1-2H3,(H,38,46)(H,39,40)(H,41,47)/t26-,29+/m1/s1. The molecule has 12 heteroatoms. The lowest BCUT2D eigenvalue weighted by Crippen LogP contribution is -2.52. The zero-order valence-electron chi connectivity index (χ0n) is 28.0. The lowest BCUT2D eigenvalue weighted by atomic mass is 10.0. The summed E-state index contributed by atoms with van der Waals surface area (Å²) in [4.78, 5) is 45.2. The lowest BCUT2D eigenvalue weighted by molar-refractivity contribution is -0.138. The van der Waals surface area contributed by atoms with Crippen LogP contribution in [0.5, 0.6) is 5.75 Å². The van der Waals surface area contributed by atoms with E-state index in [9.17, 15) is 14.4 Å². The number of aromatic nitrogens is 2. The molecule has 6 rings (SSSR count). The van der Waals surface area contributed by atoms with Crippen LogP contribution < -0.4 is 26.0 Å². The van der Waals surface area contributed by atoms with E-state index in [-0.39, 0.29) is 36.5 Å². The van der Waals surface area contributed by atoms with Crippen molar-refractivity contribution in [2.75, 3.05) is 44.2 Å². The summed E-state index contributed by atoms with van der Waals surface area (Å²) >= 11 is 0. The zero-order chi connectivity index (χ0) is 33.7. The third kappa shape index (κ3) is 8.28. The number of rotatable bonds is 12. The fraction of sp³-hybridized carbons (Fsp3) is 0.500. The number of benzene rings is 2. The van der Waals surface area contributed by atoms with E-state index in [0.29, 0.717) is 44.4 Å². The van der Waals surface area contributed by atoms with Crippen molar-refractivity contribution in [2.45, 2.75) is 70.2 Å². The number of nitrogens with zero attached hydrogens (tertiary/aromatic N) is 4. The molecule has 2 aromatic carbocycles. The number of anilines is 1. The average Bonchev–Trinajstić information content (AvgIpc) is 3.55. The Labute approximate surface area is 282 Å². The first-order valence-electron chi connectivity index (χ1n) is 17.1. The third-order valence-electron chi connectivity index (χ3n) is 9.61. The number of ether oxygens (including phenoxy) is 1. The normalized spacial score (nSPS) is 19.6. The Hall–Kier alpha value is -4.58. The summed E-state index contributed by atoms with van der Waals surface area (Å²) in [6.07, 6.45) is 8.48. The van der Waals surface area contributed by atoms with Gasteiger partial charge in [0.1, 0.15) is 5.75 Å². The number of urea groups is 1. The highest BCUT2D eigenvalue weighted by molar-refractivity contribution is 5.89. The Morgan fingerprint density at radius 3 is 2.56 bits per heavy atom. The molecule has 3 aromatic rings. The fourth-order valence-electron chi connectivity index (χ4n) is 6.56. The molecule has 3 aliphatic rings. The minimum atomic E-state index is -1.19. The van der Waals surface area contributed by atoms with Gasteiger partial charge in [-0.2, -0.15) is 5.10 Å². The van der Waals surface area contributed by atoms with Gasteiger partial charge >= 0.3 is 6.03 Å². The number of aromatic amines is 1. The highest BCUT2D eigenvalue weighted by Gasteiger charge is 2.35. The molecule has 2 atom stereocenters. The van der Waals surface area contributed by atoms with Crippen molar-refractivity contribution in [2.24, 2.45) is 11.7 Å². The first-order valence-corrected chi connectivity index (χ1v) is 17.1. The third-order valence-corrected chi connectivity index (χ3v) is 9.61. The van der Waals surface area contributed by atoms with E-state index < -0.39 is 5.60 Å². The molecule has 0 bridgehead atoms. The molecule has 0 spiro atoms. The van der Waals surface area contributed by atoms with Crippen LogP contribution in [0.1, 0.15) is 51.5 Å². The van der Waals surface area contributed by atoms with Gasteiger partial charge < -0.3 is 35.8 Å². The van der Waals surface area contributed by atoms with Gasteiger partial charge in [0.25, 0.3) is 5.91 Å². The molecule has 3 fully saturated rings. The number of hydrogen-bond donors (Lipinski definition) is 4. The number of amides is 4. The van der Waals surface area contributed by atoms with Gasteiger partial charge in [0.05, 0.1) is 12.7 Å². The number of carbonyl (C=O) groups is 3. The second kappa shape index (κ2) is 14.7. The summed E-state index contributed by atoms with van der Waals surface area (Å²) in [7, 11) is 0. The maximum atomic E-state index is 13.6. The first kappa shape index (κ1) is 33.3. The maximum absolute atomic E-state index is 13.6. The second-order valence-corrected chi connectivity index (χ2v) is 13.8. The second-order valence-electron chi connectivity index (χ2n) is 13.8. The molecule has 1 saturated carbocycles. The molecule has 5 N–H and O–H groups in total. The van der Waals surface area contributed by atoms with E-state index in [2.05, 4.69) is 50.0 Å². The molecular weight excluding hydrogens is 608 g/mol. The van der Waals surface area contributed by atoms with Crippen molar-refractivity contribution in [3.63, 3.8) is 0 Å². The quantitative estimate of drug-likeness (QED) is 0.233. The van der Waals surface area contributed by atoms with E-state index in [1.807, 2.05) is 35.4 Å². The van der Waals surface area contributed by atoms with Crippen LogP contribution in [0, 0.1) is 5.92 Å². The molecule has 1 aliphatic carbocycles. The molecule has 0 unspecified atom stereocenters. The molecule has 2 saturated heterocycles. The van der Waals surface area contributed by atoms with Crippen molar-refractivity contribution in [1.82, 2.24) is 30.6 Å². The van der Waals surface area contributed by atoms with Crippen LogP contribution in [0.25, 0.3) is 11.1 Å². The summed E-state index contributed by atoms with van der Waals surface area (Å²) in [5.41, 5.74) is 8.75. The summed E-state index contributed by atoms with van der Waals surface area (Å²) in [6.45, 7) is 7.32. The van der Waals surface area contributed by atoms with E-state index in [1.54, 1.807) is 24.9 Å². The number of likely N-dealkylation sites (tertiary alicyclic amines) is 1. The van der Waals surface area contributed by atoms with E-state index in [1.165, 1.54) is 0 Å². The maximum Gasteiger partial charge on any atom is 0.318 e. The van der Waals surface area contributed by atoms with Crippen molar-refractivity contribution < 1.29 is 19.1 Å².